The molecule has 1 aromatic heterocycles. The van der Waals surface area contributed by atoms with Crippen molar-refractivity contribution in [2.75, 3.05) is 31.1 Å². The molecule has 2 rings (SSSR count). The number of aromatic nitrogens is 1. The SMILES string of the molecule is CCN(CC)c1ncc(CN2CCC(N)C(C)(C)C2)s1. The van der Waals surface area contributed by atoms with E-state index in [9.17, 15) is 0 Å². The first-order chi connectivity index (χ1) is 9.46. The van der Waals surface area contributed by atoms with Gasteiger partial charge in [0, 0.05) is 49.8 Å². The van der Waals surface area contributed by atoms with Crippen molar-refractivity contribution in [2.24, 2.45) is 11.1 Å². The van der Waals surface area contributed by atoms with E-state index in [1.165, 1.54) is 4.88 Å². The van der Waals surface area contributed by atoms with E-state index < -0.39 is 0 Å². The highest BCUT2D eigenvalue weighted by Crippen LogP contribution is 2.30. The Morgan fingerprint density at radius 1 is 1.45 bits per heavy atom. The molecule has 2 heterocycles. The molecule has 0 bridgehead atoms. The van der Waals surface area contributed by atoms with Gasteiger partial charge in [-0.3, -0.25) is 4.90 Å². The van der Waals surface area contributed by atoms with Crippen molar-refractivity contribution in [3.8, 4) is 0 Å². The van der Waals surface area contributed by atoms with Crippen LogP contribution < -0.4 is 10.6 Å². The van der Waals surface area contributed by atoms with Crippen LogP contribution in [-0.4, -0.2) is 42.1 Å². The van der Waals surface area contributed by atoms with E-state index in [0.29, 0.717) is 6.04 Å². The second-order valence-electron chi connectivity index (χ2n) is 6.38. The first-order valence-corrected chi connectivity index (χ1v) is 8.45. The molecule has 1 fully saturated rings. The number of nitrogens with two attached hydrogens (primary N) is 1. The summed E-state index contributed by atoms with van der Waals surface area (Å²) in [4.78, 5) is 10.8. The van der Waals surface area contributed by atoms with E-state index in [1.54, 1.807) is 0 Å². The number of nitrogens with zero attached hydrogens (tertiary/aromatic N) is 3. The van der Waals surface area contributed by atoms with E-state index in [0.717, 1.165) is 44.3 Å². The molecule has 4 nitrogen and oxygen atoms in total. The summed E-state index contributed by atoms with van der Waals surface area (Å²) >= 11 is 1.83. The van der Waals surface area contributed by atoms with Gasteiger partial charge in [0.25, 0.3) is 0 Å². The highest BCUT2D eigenvalue weighted by molar-refractivity contribution is 7.15. The lowest BCUT2D eigenvalue weighted by molar-refractivity contribution is 0.0906. The predicted molar refractivity (Wildman–Crippen MR) is 87.3 cm³/mol. The standard InChI is InChI=1S/C15H28N4S/c1-5-19(6-2)14-17-9-12(20-14)10-18-8-7-13(16)15(3,4)11-18/h9,13H,5-8,10-11,16H2,1-4H3. The lowest BCUT2D eigenvalue weighted by Gasteiger charge is -2.42. The Hall–Kier alpha value is -0.650. The van der Waals surface area contributed by atoms with Crippen LogP contribution in [0.5, 0.6) is 0 Å². The molecule has 0 saturated carbocycles. The molecule has 0 spiro atoms. The van der Waals surface area contributed by atoms with Crippen molar-refractivity contribution in [3.05, 3.63) is 11.1 Å². The zero-order valence-electron chi connectivity index (χ0n) is 13.2. The fourth-order valence-electron chi connectivity index (χ4n) is 2.85. The van der Waals surface area contributed by atoms with Crippen LogP contribution in [0.3, 0.4) is 0 Å². The van der Waals surface area contributed by atoms with Crippen molar-refractivity contribution >= 4 is 16.5 Å². The zero-order valence-corrected chi connectivity index (χ0v) is 14.0. The third-order valence-electron chi connectivity index (χ3n) is 4.35. The van der Waals surface area contributed by atoms with E-state index in [1.807, 2.05) is 17.5 Å². The monoisotopic (exact) mass is 296 g/mol. The fourth-order valence-corrected chi connectivity index (χ4v) is 3.93. The highest BCUT2D eigenvalue weighted by atomic mass is 32.1. The summed E-state index contributed by atoms with van der Waals surface area (Å²) in [6.45, 7) is 14.1. The average molecular weight is 296 g/mol. The zero-order chi connectivity index (χ0) is 14.8. The van der Waals surface area contributed by atoms with Crippen LogP contribution in [0.25, 0.3) is 0 Å². The summed E-state index contributed by atoms with van der Waals surface area (Å²) in [7, 11) is 0. The fraction of sp³-hybridized carbons (Fsp3) is 0.800. The minimum atomic E-state index is 0.213. The second-order valence-corrected chi connectivity index (χ2v) is 7.47. The Bertz CT molecular complexity index is 425. The van der Waals surface area contributed by atoms with Gasteiger partial charge < -0.3 is 10.6 Å². The molecule has 0 aliphatic carbocycles. The molecule has 1 aliphatic rings. The molecule has 1 saturated heterocycles. The number of piperidine rings is 1. The van der Waals surface area contributed by atoms with E-state index in [4.69, 9.17) is 5.73 Å². The molecule has 5 heteroatoms. The minimum absolute atomic E-state index is 0.213. The van der Waals surface area contributed by atoms with Gasteiger partial charge in [0.15, 0.2) is 5.13 Å². The topological polar surface area (TPSA) is 45.4 Å². The first kappa shape index (κ1) is 15.7. The van der Waals surface area contributed by atoms with E-state index >= 15 is 0 Å². The summed E-state index contributed by atoms with van der Waals surface area (Å²) in [6.07, 6.45) is 3.13. The normalized spacial score (nSPS) is 22.9. The van der Waals surface area contributed by atoms with Crippen molar-refractivity contribution < 1.29 is 0 Å². The maximum Gasteiger partial charge on any atom is 0.185 e. The average Bonchev–Trinajstić information content (AvgIpc) is 2.83. The lowest BCUT2D eigenvalue weighted by atomic mass is 9.80. The molecular weight excluding hydrogens is 268 g/mol. The molecule has 0 amide bonds. The van der Waals surface area contributed by atoms with Crippen LogP contribution in [0.15, 0.2) is 6.20 Å². The van der Waals surface area contributed by atoms with Crippen LogP contribution in [0, 0.1) is 5.41 Å². The number of anilines is 1. The molecule has 20 heavy (non-hydrogen) atoms. The Balaban J connectivity index is 1.97. The smallest absolute Gasteiger partial charge is 0.185 e. The van der Waals surface area contributed by atoms with Crippen LogP contribution >= 0.6 is 11.3 Å². The Morgan fingerprint density at radius 2 is 2.15 bits per heavy atom. The summed E-state index contributed by atoms with van der Waals surface area (Å²) in [6, 6.07) is 0.325. The van der Waals surface area contributed by atoms with Gasteiger partial charge in [0.1, 0.15) is 0 Å². The van der Waals surface area contributed by atoms with Crippen molar-refractivity contribution in [3.63, 3.8) is 0 Å². The second kappa shape index (κ2) is 6.41. The third-order valence-corrected chi connectivity index (χ3v) is 5.39. The molecular formula is C15H28N4S. The summed E-state index contributed by atoms with van der Waals surface area (Å²) in [5, 5.41) is 1.15. The van der Waals surface area contributed by atoms with Crippen molar-refractivity contribution in [1.82, 2.24) is 9.88 Å². The van der Waals surface area contributed by atoms with E-state index in [2.05, 4.69) is 42.5 Å². The van der Waals surface area contributed by atoms with Crippen molar-refractivity contribution in [2.45, 2.75) is 46.7 Å². The van der Waals surface area contributed by atoms with Crippen molar-refractivity contribution in [1.29, 1.82) is 0 Å². The third kappa shape index (κ3) is 3.51. The van der Waals surface area contributed by atoms with Gasteiger partial charge in [-0.15, -0.1) is 11.3 Å². The summed E-state index contributed by atoms with van der Waals surface area (Å²) < 4.78 is 0. The number of hydrogen-bond donors (Lipinski definition) is 1. The quantitative estimate of drug-likeness (QED) is 0.907. The Morgan fingerprint density at radius 3 is 2.75 bits per heavy atom. The Labute approximate surface area is 127 Å². The number of hydrogen-bond acceptors (Lipinski definition) is 5. The maximum atomic E-state index is 6.20. The van der Waals surface area contributed by atoms with Gasteiger partial charge in [0.05, 0.1) is 0 Å². The molecule has 1 aromatic rings. The van der Waals surface area contributed by atoms with Gasteiger partial charge in [0.2, 0.25) is 0 Å². The van der Waals surface area contributed by atoms with Crippen LogP contribution in [0.1, 0.15) is 39.0 Å². The molecule has 1 atom stereocenters. The first-order valence-electron chi connectivity index (χ1n) is 7.64. The highest BCUT2D eigenvalue weighted by Gasteiger charge is 2.33. The number of likely N-dealkylation sites (tertiary alicyclic amines) is 1. The molecule has 1 aliphatic heterocycles. The van der Waals surface area contributed by atoms with Gasteiger partial charge in [-0.1, -0.05) is 13.8 Å². The summed E-state index contributed by atoms with van der Waals surface area (Å²) in [5.41, 5.74) is 6.42. The molecule has 0 aromatic carbocycles. The van der Waals surface area contributed by atoms with E-state index in [-0.39, 0.29) is 5.41 Å². The minimum Gasteiger partial charge on any atom is -0.349 e. The lowest BCUT2D eigenvalue weighted by Crippen LogP contribution is -2.51. The molecule has 114 valence electrons. The van der Waals surface area contributed by atoms with Gasteiger partial charge in [-0.2, -0.15) is 0 Å². The maximum absolute atomic E-state index is 6.20. The molecule has 0 radical (unpaired) electrons. The Kier molecular flexibility index (Phi) is 5.04. The largest absolute Gasteiger partial charge is 0.349 e. The number of thiazole rings is 1. The summed E-state index contributed by atoms with van der Waals surface area (Å²) in [5.74, 6) is 0. The van der Waals surface area contributed by atoms with Gasteiger partial charge in [-0.25, -0.2) is 4.98 Å². The molecule has 1 unspecified atom stereocenters. The van der Waals surface area contributed by atoms with Gasteiger partial charge in [-0.05, 0) is 25.7 Å². The van der Waals surface area contributed by atoms with Crippen LogP contribution in [0.2, 0.25) is 0 Å². The number of rotatable bonds is 5. The van der Waals surface area contributed by atoms with Gasteiger partial charge >= 0.3 is 0 Å². The molecule has 2 N–H and O–H groups in total. The predicted octanol–water partition coefficient (Wildman–Crippen LogP) is 2.55. The van der Waals surface area contributed by atoms with Crippen LogP contribution in [0.4, 0.5) is 5.13 Å². The van der Waals surface area contributed by atoms with Crippen LogP contribution in [-0.2, 0) is 6.54 Å².